The Balaban J connectivity index is 2.26. The molecule has 23 heavy (non-hydrogen) atoms. The number of hydrogen-bond acceptors (Lipinski definition) is 6. The molecular formula is C15H13N3O5. The lowest BCUT2D eigenvalue weighted by Gasteiger charge is -2.09. The molecule has 2 aromatic carbocycles. The van der Waals surface area contributed by atoms with Crippen molar-refractivity contribution in [3.63, 3.8) is 0 Å². The normalized spacial score (nSPS) is 11.0. The van der Waals surface area contributed by atoms with E-state index in [2.05, 4.69) is 4.98 Å². The molecule has 3 rings (SSSR count). The summed E-state index contributed by atoms with van der Waals surface area (Å²) in [7, 11) is 0. The van der Waals surface area contributed by atoms with Crippen LogP contribution in [0, 0.1) is 10.1 Å². The summed E-state index contributed by atoms with van der Waals surface area (Å²) in [4.78, 5) is 14.7. The van der Waals surface area contributed by atoms with E-state index in [0.717, 1.165) is 0 Å². The molecule has 8 nitrogen and oxygen atoms in total. The number of nitro groups is 1. The number of hydrogen-bond donors (Lipinski definition) is 3. The lowest BCUT2D eigenvalue weighted by atomic mass is 10.2. The number of imidazole rings is 1. The van der Waals surface area contributed by atoms with Crippen LogP contribution in [0.2, 0.25) is 0 Å². The van der Waals surface area contributed by atoms with Crippen molar-refractivity contribution in [3.05, 3.63) is 46.5 Å². The minimum atomic E-state index is -0.512. The molecule has 0 saturated heterocycles. The average molecular weight is 315 g/mol. The van der Waals surface area contributed by atoms with Crippen molar-refractivity contribution in [1.82, 2.24) is 9.55 Å². The summed E-state index contributed by atoms with van der Waals surface area (Å²) in [5, 5.41) is 39.6. The zero-order valence-electron chi connectivity index (χ0n) is 11.9. The fourth-order valence-electron chi connectivity index (χ4n) is 2.47. The fourth-order valence-corrected chi connectivity index (χ4v) is 2.47. The van der Waals surface area contributed by atoms with Crippen molar-refractivity contribution < 1.29 is 20.2 Å². The zero-order chi connectivity index (χ0) is 16.6. The third-order valence-electron chi connectivity index (χ3n) is 3.49. The van der Waals surface area contributed by atoms with Gasteiger partial charge in [0.2, 0.25) is 0 Å². The van der Waals surface area contributed by atoms with Crippen LogP contribution in [-0.4, -0.2) is 36.4 Å². The molecule has 3 aromatic rings. The van der Waals surface area contributed by atoms with E-state index < -0.39 is 4.92 Å². The zero-order valence-corrected chi connectivity index (χ0v) is 11.9. The monoisotopic (exact) mass is 315 g/mol. The van der Waals surface area contributed by atoms with Crippen LogP contribution in [0.1, 0.15) is 0 Å². The van der Waals surface area contributed by atoms with Gasteiger partial charge in [0, 0.05) is 24.7 Å². The number of aromatic hydroxyl groups is 2. The summed E-state index contributed by atoms with van der Waals surface area (Å²) >= 11 is 0. The Morgan fingerprint density at radius 1 is 1.17 bits per heavy atom. The van der Waals surface area contributed by atoms with Crippen LogP contribution in [0.15, 0.2) is 36.4 Å². The Hall–Kier alpha value is -3.13. The summed E-state index contributed by atoms with van der Waals surface area (Å²) in [6.45, 7) is 0.0538. The molecule has 118 valence electrons. The molecule has 1 aromatic heterocycles. The van der Waals surface area contributed by atoms with E-state index in [-0.39, 0.29) is 30.3 Å². The van der Waals surface area contributed by atoms with Gasteiger partial charge in [0.05, 0.1) is 28.1 Å². The first-order valence-electron chi connectivity index (χ1n) is 6.79. The van der Waals surface area contributed by atoms with Crippen molar-refractivity contribution in [2.75, 3.05) is 6.61 Å². The molecular weight excluding hydrogens is 302 g/mol. The molecule has 0 aliphatic carbocycles. The van der Waals surface area contributed by atoms with E-state index in [0.29, 0.717) is 22.4 Å². The van der Waals surface area contributed by atoms with Crippen LogP contribution in [0.3, 0.4) is 0 Å². The molecule has 0 aliphatic rings. The highest BCUT2D eigenvalue weighted by molar-refractivity contribution is 5.83. The third kappa shape index (κ3) is 2.55. The van der Waals surface area contributed by atoms with Crippen molar-refractivity contribution in [3.8, 4) is 22.9 Å². The van der Waals surface area contributed by atoms with E-state index in [1.807, 2.05) is 0 Å². The average Bonchev–Trinajstić information content (AvgIpc) is 2.85. The topological polar surface area (TPSA) is 122 Å². The van der Waals surface area contributed by atoms with Gasteiger partial charge in [-0.3, -0.25) is 10.1 Å². The quantitative estimate of drug-likeness (QED) is 0.500. The van der Waals surface area contributed by atoms with Crippen LogP contribution in [-0.2, 0) is 6.54 Å². The largest absolute Gasteiger partial charge is 0.508 e. The Morgan fingerprint density at radius 2 is 1.96 bits per heavy atom. The summed E-state index contributed by atoms with van der Waals surface area (Å²) < 4.78 is 1.66. The Kier molecular flexibility index (Phi) is 3.59. The molecule has 8 heteroatoms. The molecule has 0 unspecified atom stereocenters. The van der Waals surface area contributed by atoms with E-state index in [4.69, 9.17) is 0 Å². The second-order valence-corrected chi connectivity index (χ2v) is 4.94. The van der Waals surface area contributed by atoms with Gasteiger partial charge in [0.25, 0.3) is 5.69 Å². The second-order valence-electron chi connectivity index (χ2n) is 4.94. The summed E-state index contributed by atoms with van der Waals surface area (Å²) in [5.74, 6) is 0.0905. The number of non-ortho nitro benzene ring substituents is 1. The number of phenols is 2. The predicted octanol–water partition coefficient (Wildman–Crippen LogP) is 2.01. The van der Waals surface area contributed by atoms with Crippen molar-refractivity contribution in [2.24, 2.45) is 0 Å². The maximum atomic E-state index is 10.9. The molecule has 0 fully saturated rings. The van der Waals surface area contributed by atoms with E-state index >= 15 is 0 Å². The molecule has 0 atom stereocenters. The van der Waals surface area contributed by atoms with Crippen LogP contribution in [0.25, 0.3) is 22.4 Å². The number of benzene rings is 2. The molecule has 1 heterocycles. The van der Waals surface area contributed by atoms with Gasteiger partial charge in [0.15, 0.2) is 0 Å². The number of phenolic OH excluding ortho intramolecular Hbond substituents is 2. The summed E-state index contributed by atoms with van der Waals surface area (Å²) in [6.07, 6.45) is 0. The van der Waals surface area contributed by atoms with Crippen LogP contribution < -0.4 is 0 Å². The maximum absolute atomic E-state index is 10.9. The van der Waals surface area contributed by atoms with Gasteiger partial charge in [-0.25, -0.2) is 4.98 Å². The van der Waals surface area contributed by atoms with Gasteiger partial charge in [-0.1, -0.05) is 0 Å². The number of rotatable bonds is 4. The number of nitrogens with zero attached hydrogens (tertiary/aromatic N) is 3. The molecule has 0 radical (unpaired) electrons. The number of aliphatic hydroxyl groups excluding tert-OH is 1. The Morgan fingerprint density at radius 3 is 2.61 bits per heavy atom. The van der Waals surface area contributed by atoms with Crippen LogP contribution >= 0.6 is 0 Å². The first kappa shape index (κ1) is 14.8. The first-order chi connectivity index (χ1) is 11.0. The lowest BCUT2D eigenvalue weighted by molar-refractivity contribution is -0.384. The molecule has 0 aliphatic heterocycles. The Labute approximate surface area is 130 Å². The lowest BCUT2D eigenvalue weighted by Crippen LogP contribution is -2.04. The molecule has 3 N–H and O–H groups in total. The summed E-state index contributed by atoms with van der Waals surface area (Å²) in [5.41, 5.74) is 1.25. The minimum absolute atomic E-state index is 0.0902. The van der Waals surface area contributed by atoms with Crippen LogP contribution in [0.5, 0.6) is 11.5 Å². The standard InChI is InChI=1S/C15H13N3O5/c19-6-5-17-13-4-1-9(18(22)23)7-12(13)16-15(17)11-3-2-10(20)8-14(11)21/h1-4,7-8,19-21H,5-6H2. The van der Waals surface area contributed by atoms with Gasteiger partial charge in [-0.15, -0.1) is 0 Å². The highest BCUT2D eigenvalue weighted by atomic mass is 16.6. The fraction of sp³-hybridized carbons (Fsp3) is 0.133. The number of nitro benzene ring substituents is 1. The first-order valence-corrected chi connectivity index (χ1v) is 6.79. The summed E-state index contributed by atoms with van der Waals surface area (Å²) in [6, 6.07) is 8.33. The Bertz CT molecular complexity index is 904. The predicted molar refractivity (Wildman–Crippen MR) is 82.2 cm³/mol. The maximum Gasteiger partial charge on any atom is 0.271 e. The minimum Gasteiger partial charge on any atom is -0.508 e. The number of aromatic nitrogens is 2. The van der Waals surface area contributed by atoms with Crippen molar-refractivity contribution in [1.29, 1.82) is 0 Å². The van der Waals surface area contributed by atoms with Gasteiger partial charge in [-0.05, 0) is 18.2 Å². The van der Waals surface area contributed by atoms with Crippen LogP contribution in [0.4, 0.5) is 5.69 Å². The van der Waals surface area contributed by atoms with Gasteiger partial charge < -0.3 is 19.9 Å². The van der Waals surface area contributed by atoms with E-state index in [1.54, 1.807) is 10.6 Å². The number of aliphatic hydroxyl groups is 1. The van der Waals surface area contributed by atoms with E-state index in [9.17, 15) is 25.4 Å². The van der Waals surface area contributed by atoms with Gasteiger partial charge in [-0.2, -0.15) is 0 Å². The number of fused-ring (bicyclic) bond motifs is 1. The van der Waals surface area contributed by atoms with Crippen molar-refractivity contribution in [2.45, 2.75) is 6.54 Å². The molecule has 0 amide bonds. The third-order valence-corrected chi connectivity index (χ3v) is 3.49. The second kappa shape index (κ2) is 5.58. The highest BCUT2D eigenvalue weighted by Crippen LogP contribution is 2.34. The SMILES string of the molecule is O=[N+]([O-])c1ccc2c(c1)nc(-c1ccc(O)cc1O)n2CCO. The molecule has 0 spiro atoms. The van der Waals surface area contributed by atoms with Gasteiger partial charge >= 0.3 is 0 Å². The molecule has 0 saturated carbocycles. The van der Waals surface area contributed by atoms with Crippen molar-refractivity contribution >= 4 is 16.7 Å². The molecule has 0 bridgehead atoms. The van der Waals surface area contributed by atoms with E-state index in [1.165, 1.54) is 30.3 Å². The van der Waals surface area contributed by atoms with Gasteiger partial charge in [0.1, 0.15) is 17.3 Å². The smallest absolute Gasteiger partial charge is 0.271 e. The highest BCUT2D eigenvalue weighted by Gasteiger charge is 2.18.